The van der Waals surface area contributed by atoms with E-state index in [2.05, 4.69) is 17.2 Å². The van der Waals surface area contributed by atoms with Gasteiger partial charge in [0.1, 0.15) is 5.01 Å². The molecule has 0 fully saturated rings. The summed E-state index contributed by atoms with van der Waals surface area (Å²) in [5, 5.41) is 4.50. The van der Waals surface area contributed by atoms with Crippen molar-refractivity contribution in [3.63, 3.8) is 0 Å². The van der Waals surface area contributed by atoms with Crippen LogP contribution in [0.25, 0.3) is 0 Å². The lowest BCUT2D eigenvalue weighted by Gasteiger charge is -2.06. The molecule has 1 aromatic heterocycles. The highest BCUT2D eigenvalue weighted by molar-refractivity contribution is 7.11. The molecule has 0 spiro atoms. The number of thiazole rings is 1. The third-order valence-electron chi connectivity index (χ3n) is 2.67. The molecule has 0 saturated heterocycles. The lowest BCUT2D eigenvalue weighted by molar-refractivity contribution is 0.636. The molecule has 13 heavy (non-hydrogen) atoms. The molecule has 1 aliphatic rings. The molecular weight excluding hydrogens is 180 g/mol. The fourth-order valence-electron chi connectivity index (χ4n) is 1.68. The Kier molecular flexibility index (Phi) is 2.65. The highest BCUT2D eigenvalue weighted by atomic mass is 32.1. The summed E-state index contributed by atoms with van der Waals surface area (Å²) in [5.74, 6) is 0. The number of fused-ring (bicyclic) bond motifs is 1. The molecule has 1 aliphatic carbocycles. The summed E-state index contributed by atoms with van der Waals surface area (Å²) in [7, 11) is 1.99. The molecule has 1 aromatic rings. The largest absolute Gasteiger partial charge is 0.311 e. The van der Waals surface area contributed by atoms with Gasteiger partial charge in [-0.3, -0.25) is 0 Å². The third kappa shape index (κ3) is 1.76. The first kappa shape index (κ1) is 9.16. The van der Waals surface area contributed by atoms with Crippen LogP contribution in [0.3, 0.4) is 0 Å². The lowest BCUT2D eigenvalue weighted by Crippen LogP contribution is -2.11. The highest BCUT2D eigenvalue weighted by Crippen LogP contribution is 2.29. The third-order valence-corrected chi connectivity index (χ3v) is 4.01. The molecule has 0 saturated carbocycles. The Morgan fingerprint density at radius 2 is 2.15 bits per heavy atom. The van der Waals surface area contributed by atoms with Crippen LogP contribution >= 0.6 is 11.3 Å². The van der Waals surface area contributed by atoms with Crippen LogP contribution < -0.4 is 5.32 Å². The Balaban J connectivity index is 2.25. The van der Waals surface area contributed by atoms with Crippen molar-refractivity contribution in [2.75, 3.05) is 7.05 Å². The molecule has 0 amide bonds. The molecule has 0 radical (unpaired) electrons. The van der Waals surface area contributed by atoms with Gasteiger partial charge in [-0.25, -0.2) is 4.98 Å². The number of hydrogen-bond acceptors (Lipinski definition) is 3. The zero-order valence-corrected chi connectivity index (χ0v) is 9.08. The maximum absolute atomic E-state index is 4.68. The first-order valence-electron chi connectivity index (χ1n) is 4.97. The molecule has 0 bridgehead atoms. The number of nitrogens with one attached hydrogen (secondary N) is 1. The highest BCUT2D eigenvalue weighted by Gasteiger charge is 2.17. The minimum Gasteiger partial charge on any atom is -0.311 e. The summed E-state index contributed by atoms with van der Waals surface area (Å²) >= 11 is 1.89. The van der Waals surface area contributed by atoms with Crippen molar-refractivity contribution < 1.29 is 0 Å². The van der Waals surface area contributed by atoms with Crippen LogP contribution in [-0.2, 0) is 12.8 Å². The second kappa shape index (κ2) is 3.76. The van der Waals surface area contributed by atoms with Gasteiger partial charge in [0.25, 0.3) is 0 Å². The molecule has 2 rings (SSSR count). The van der Waals surface area contributed by atoms with E-state index in [1.165, 1.54) is 41.3 Å². The van der Waals surface area contributed by atoms with E-state index in [1.807, 2.05) is 18.4 Å². The van der Waals surface area contributed by atoms with Crippen molar-refractivity contribution in [2.24, 2.45) is 0 Å². The van der Waals surface area contributed by atoms with Gasteiger partial charge in [0.2, 0.25) is 0 Å². The van der Waals surface area contributed by atoms with Crippen LogP contribution in [0.5, 0.6) is 0 Å². The smallest absolute Gasteiger partial charge is 0.110 e. The van der Waals surface area contributed by atoms with Crippen molar-refractivity contribution in [3.8, 4) is 0 Å². The number of aromatic nitrogens is 1. The molecule has 0 aliphatic heterocycles. The molecule has 1 atom stereocenters. The molecule has 1 heterocycles. The topological polar surface area (TPSA) is 24.9 Å². The minimum atomic E-state index is 0.413. The summed E-state index contributed by atoms with van der Waals surface area (Å²) in [6.07, 6.45) is 5.12. The van der Waals surface area contributed by atoms with E-state index < -0.39 is 0 Å². The number of rotatable bonds is 2. The first-order chi connectivity index (χ1) is 6.31. The zero-order valence-electron chi connectivity index (χ0n) is 8.26. The molecule has 1 unspecified atom stereocenters. The predicted molar refractivity (Wildman–Crippen MR) is 56.2 cm³/mol. The van der Waals surface area contributed by atoms with Gasteiger partial charge in [-0.05, 0) is 39.7 Å². The van der Waals surface area contributed by atoms with Crippen LogP contribution in [0.4, 0.5) is 0 Å². The van der Waals surface area contributed by atoms with Crippen LogP contribution in [0.2, 0.25) is 0 Å². The fraction of sp³-hybridized carbons (Fsp3) is 0.700. The van der Waals surface area contributed by atoms with E-state index in [0.29, 0.717) is 6.04 Å². The Labute approximate surface area is 83.4 Å². The molecule has 72 valence electrons. The fourth-order valence-corrected chi connectivity index (χ4v) is 2.90. The van der Waals surface area contributed by atoms with Gasteiger partial charge >= 0.3 is 0 Å². The van der Waals surface area contributed by atoms with E-state index in [1.54, 1.807) is 0 Å². The van der Waals surface area contributed by atoms with Crippen molar-refractivity contribution >= 4 is 11.3 Å². The van der Waals surface area contributed by atoms with Gasteiger partial charge in [0, 0.05) is 4.88 Å². The van der Waals surface area contributed by atoms with Gasteiger partial charge in [0.15, 0.2) is 0 Å². The van der Waals surface area contributed by atoms with E-state index in [4.69, 9.17) is 0 Å². The standard InChI is InChI=1S/C10H16N2S/c1-7(11-2)10-12-8-5-3-4-6-9(8)13-10/h7,11H,3-6H2,1-2H3. The Hall–Kier alpha value is -0.410. The maximum Gasteiger partial charge on any atom is 0.110 e. The van der Waals surface area contributed by atoms with Gasteiger partial charge < -0.3 is 5.32 Å². The van der Waals surface area contributed by atoms with E-state index >= 15 is 0 Å². The van der Waals surface area contributed by atoms with Crippen molar-refractivity contribution in [1.29, 1.82) is 0 Å². The number of nitrogens with zero attached hydrogens (tertiary/aromatic N) is 1. The minimum absolute atomic E-state index is 0.413. The molecule has 3 heteroatoms. The van der Waals surface area contributed by atoms with E-state index in [0.717, 1.165) is 0 Å². The van der Waals surface area contributed by atoms with Crippen molar-refractivity contribution in [2.45, 2.75) is 38.6 Å². The summed E-state index contributed by atoms with van der Waals surface area (Å²) < 4.78 is 0. The Morgan fingerprint density at radius 1 is 1.38 bits per heavy atom. The second-order valence-corrected chi connectivity index (χ2v) is 4.75. The summed E-state index contributed by atoms with van der Waals surface area (Å²) in [6, 6.07) is 0.413. The summed E-state index contributed by atoms with van der Waals surface area (Å²) in [6.45, 7) is 2.17. The van der Waals surface area contributed by atoms with Crippen molar-refractivity contribution in [3.05, 3.63) is 15.6 Å². The van der Waals surface area contributed by atoms with Gasteiger partial charge in [-0.1, -0.05) is 0 Å². The maximum atomic E-state index is 4.68. The Morgan fingerprint density at radius 3 is 2.85 bits per heavy atom. The molecular formula is C10H16N2S. The van der Waals surface area contributed by atoms with Gasteiger partial charge in [0.05, 0.1) is 11.7 Å². The summed E-state index contributed by atoms with van der Waals surface area (Å²) in [5.41, 5.74) is 1.37. The van der Waals surface area contributed by atoms with Crippen molar-refractivity contribution in [1.82, 2.24) is 10.3 Å². The predicted octanol–water partition coefficient (Wildman–Crippen LogP) is 2.30. The SMILES string of the molecule is CNC(C)c1nc2c(s1)CCCC2. The van der Waals surface area contributed by atoms with Gasteiger partial charge in [-0.2, -0.15) is 0 Å². The van der Waals surface area contributed by atoms with Gasteiger partial charge in [-0.15, -0.1) is 11.3 Å². The van der Waals surface area contributed by atoms with E-state index in [9.17, 15) is 0 Å². The molecule has 0 aromatic carbocycles. The summed E-state index contributed by atoms with van der Waals surface area (Å²) in [4.78, 5) is 6.21. The molecule has 2 nitrogen and oxygen atoms in total. The number of hydrogen-bond donors (Lipinski definition) is 1. The van der Waals surface area contributed by atoms with Crippen LogP contribution in [0.1, 0.15) is 41.4 Å². The quantitative estimate of drug-likeness (QED) is 0.785. The monoisotopic (exact) mass is 196 g/mol. The average molecular weight is 196 g/mol. The molecule has 1 N–H and O–H groups in total. The lowest BCUT2D eigenvalue weighted by atomic mass is 10.0. The average Bonchev–Trinajstić information content (AvgIpc) is 2.59. The zero-order chi connectivity index (χ0) is 9.26. The van der Waals surface area contributed by atoms with Crippen LogP contribution in [-0.4, -0.2) is 12.0 Å². The second-order valence-electron chi connectivity index (χ2n) is 3.64. The first-order valence-corrected chi connectivity index (χ1v) is 5.78. The van der Waals surface area contributed by atoms with Crippen LogP contribution in [0, 0.1) is 0 Å². The van der Waals surface area contributed by atoms with E-state index in [-0.39, 0.29) is 0 Å². The van der Waals surface area contributed by atoms with Crippen LogP contribution in [0.15, 0.2) is 0 Å². The normalized spacial score (nSPS) is 18.3. The Bertz CT molecular complexity index is 270. The number of aryl methyl sites for hydroxylation is 2.